The van der Waals surface area contributed by atoms with Gasteiger partial charge in [0.25, 0.3) is 0 Å². The summed E-state index contributed by atoms with van der Waals surface area (Å²) in [5.74, 6) is 1.73. The number of hydrogen-bond donors (Lipinski definition) is 2. The highest BCUT2D eigenvalue weighted by molar-refractivity contribution is 5.79. The Hall–Kier alpha value is -2.73. The van der Waals surface area contributed by atoms with Gasteiger partial charge in [0.15, 0.2) is 5.96 Å². The quantitative estimate of drug-likeness (QED) is 0.531. The summed E-state index contributed by atoms with van der Waals surface area (Å²) in [6.07, 6.45) is 0.929. The molecule has 1 aliphatic rings. The maximum atomic E-state index is 5.49. The number of hydrogen-bond acceptors (Lipinski definition) is 4. The Bertz CT molecular complexity index is 771. The molecule has 6 nitrogen and oxygen atoms in total. The summed E-state index contributed by atoms with van der Waals surface area (Å²) in [4.78, 5) is 7.20. The largest absolute Gasteiger partial charge is 0.497 e. The first-order valence-corrected chi connectivity index (χ1v) is 10.4. The zero-order valence-electron chi connectivity index (χ0n) is 17.5. The molecule has 0 spiro atoms. The van der Waals surface area contributed by atoms with Gasteiger partial charge in [-0.3, -0.25) is 0 Å². The van der Waals surface area contributed by atoms with E-state index in [0.717, 1.165) is 57.5 Å². The number of aliphatic imine (C=N–C) groups is 1. The van der Waals surface area contributed by atoms with E-state index in [9.17, 15) is 0 Å². The number of para-hydroxylation sites is 1. The van der Waals surface area contributed by atoms with E-state index >= 15 is 0 Å². The minimum atomic E-state index is 0.644. The molecule has 0 amide bonds. The number of benzene rings is 2. The van der Waals surface area contributed by atoms with Crippen LogP contribution < -0.4 is 20.3 Å². The second-order valence-corrected chi connectivity index (χ2v) is 6.95. The monoisotopic (exact) mass is 396 g/mol. The van der Waals surface area contributed by atoms with Crippen molar-refractivity contribution < 1.29 is 9.47 Å². The summed E-state index contributed by atoms with van der Waals surface area (Å²) in [5.41, 5.74) is 3.77. The molecule has 1 aliphatic heterocycles. The number of nitrogens with one attached hydrogen (secondary N) is 2. The fraction of sp³-hybridized carbons (Fsp3) is 0.435. The molecule has 2 N–H and O–H groups in total. The highest BCUT2D eigenvalue weighted by Crippen LogP contribution is 2.22. The van der Waals surface area contributed by atoms with E-state index in [-0.39, 0.29) is 0 Å². The number of nitrogens with zero attached hydrogens (tertiary/aromatic N) is 2. The minimum Gasteiger partial charge on any atom is -0.497 e. The zero-order valence-corrected chi connectivity index (χ0v) is 17.5. The molecule has 1 fully saturated rings. The molecular weight excluding hydrogens is 364 g/mol. The minimum absolute atomic E-state index is 0.644. The Morgan fingerprint density at radius 1 is 1.07 bits per heavy atom. The van der Waals surface area contributed by atoms with Crippen molar-refractivity contribution in [3.63, 3.8) is 0 Å². The van der Waals surface area contributed by atoms with E-state index in [1.54, 1.807) is 7.11 Å². The second-order valence-electron chi connectivity index (χ2n) is 6.95. The van der Waals surface area contributed by atoms with Gasteiger partial charge in [0.2, 0.25) is 0 Å². The van der Waals surface area contributed by atoms with Crippen molar-refractivity contribution >= 4 is 11.6 Å². The van der Waals surface area contributed by atoms with Crippen molar-refractivity contribution in [1.82, 2.24) is 10.6 Å². The van der Waals surface area contributed by atoms with E-state index in [2.05, 4.69) is 58.9 Å². The van der Waals surface area contributed by atoms with Gasteiger partial charge in [0.1, 0.15) is 5.75 Å². The number of rotatable bonds is 8. The molecule has 156 valence electrons. The van der Waals surface area contributed by atoms with Crippen LogP contribution in [0.25, 0.3) is 0 Å². The normalized spacial score (nSPS) is 14.6. The third-order valence-corrected chi connectivity index (χ3v) is 4.96. The van der Waals surface area contributed by atoms with Crippen molar-refractivity contribution in [2.24, 2.45) is 4.99 Å². The number of guanidine groups is 1. The fourth-order valence-corrected chi connectivity index (χ4v) is 3.38. The Labute approximate surface area is 173 Å². The predicted molar refractivity (Wildman–Crippen MR) is 119 cm³/mol. The number of morpholine rings is 1. The van der Waals surface area contributed by atoms with Gasteiger partial charge in [0.05, 0.1) is 26.9 Å². The van der Waals surface area contributed by atoms with Gasteiger partial charge in [-0.2, -0.15) is 0 Å². The Morgan fingerprint density at radius 3 is 2.55 bits per heavy atom. The molecule has 0 bridgehead atoms. The summed E-state index contributed by atoms with van der Waals surface area (Å²) in [7, 11) is 1.69. The fourth-order valence-electron chi connectivity index (χ4n) is 3.38. The molecule has 0 aromatic heterocycles. The van der Waals surface area contributed by atoms with Crippen molar-refractivity contribution in [3.8, 4) is 5.75 Å². The summed E-state index contributed by atoms with van der Waals surface area (Å²) in [5, 5.41) is 6.78. The van der Waals surface area contributed by atoms with E-state index in [0.29, 0.717) is 6.54 Å². The highest BCUT2D eigenvalue weighted by Gasteiger charge is 2.14. The molecule has 0 unspecified atom stereocenters. The summed E-state index contributed by atoms with van der Waals surface area (Å²) < 4.78 is 10.7. The van der Waals surface area contributed by atoms with Crippen LogP contribution in [0.3, 0.4) is 0 Å². The lowest BCUT2D eigenvalue weighted by Crippen LogP contribution is -2.38. The van der Waals surface area contributed by atoms with E-state index in [4.69, 9.17) is 14.5 Å². The topological polar surface area (TPSA) is 58.1 Å². The van der Waals surface area contributed by atoms with Crippen LogP contribution >= 0.6 is 0 Å². The molecule has 0 aliphatic carbocycles. The molecule has 3 rings (SSSR count). The van der Waals surface area contributed by atoms with Crippen molar-refractivity contribution in [3.05, 3.63) is 59.7 Å². The van der Waals surface area contributed by atoms with Crippen molar-refractivity contribution in [2.75, 3.05) is 51.4 Å². The van der Waals surface area contributed by atoms with Crippen molar-refractivity contribution in [2.45, 2.75) is 19.9 Å². The maximum Gasteiger partial charge on any atom is 0.191 e. The second kappa shape index (κ2) is 11.3. The smallest absolute Gasteiger partial charge is 0.191 e. The van der Waals surface area contributed by atoms with Gasteiger partial charge >= 0.3 is 0 Å². The molecule has 29 heavy (non-hydrogen) atoms. The number of methoxy groups -OCH3 is 1. The molecule has 2 aromatic rings. The first kappa shape index (κ1) is 21.0. The number of ether oxygens (including phenoxy) is 2. The van der Waals surface area contributed by atoms with Crippen LogP contribution in [-0.4, -0.2) is 52.5 Å². The average molecular weight is 397 g/mol. The van der Waals surface area contributed by atoms with Crippen LogP contribution in [0.4, 0.5) is 5.69 Å². The van der Waals surface area contributed by atoms with Crippen LogP contribution in [-0.2, 0) is 17.7 Å². The Kier molecular flexibility index (Phi) is 8.19. The van der Waals surface area contributed by atoms with Gasteiger partial charge in [-0.15, -0.1) is 0 Å². The standard InChI is InChI=1S/C23H32N4O2/c1-3-24-23(25-13-12-19-8-10-21(28-2)11-9-19)26-18-20-6-4-5-7-22(20)27-14-16-29-17-15-27/h4-11H,3,12-18H2,1-2H3,(H2,24,25,26). The maximum absolute atomic E-state index is 5.49. The van der Waals surface area contributed by atoms with Crippen LogP contribution in [0.15, 0.2) is 53.5 Å². The average Bonchev–Trinajstić information content (AvgIpc) is 2.79. The zero-order chi connectivity index (χ0) is 20.3. The molecule has 0 radical (unpaired) electrons. The van der Waals surface area contributed by atoms with E-state index in [1.165, 1.54) is 16.8 Å². The van der Waals surface area contributed by atoms with Crippen molar-refractivity contribution in [1.29, 1.82) is 0 Å². The van der Waals surface area contributed by atoms with E-state index < -0.39 is 0 Å². The summed E-state index contributed by atoms with van der Waals surface area (Å²) >= 11 is 0. The first-order valence-electron chi connectivity index (χ1n) is 10.4. The lowest BCUT2D eigenvalue weighted by Gasteiger charge is -2.30. The molecular formula is C23H32N4O2. The molecule has 1 heterocycles. The number of anilines is 1. The van der Waals surface area contributed by atoms with Crippen LogP contribution in [0.5, 0.6) is 5.75 Å². The Morgan fingerprint density at radius 2 is 1.83 bits per heavy atom. The van der Waals surface area contributed by atoms with Crippen LogP contribution in [0.2, 0.25) is 0 Å². The molecule has 6 heteroatoms. The SMILES string of the molecule is CCNC(=NCc1ccccc1N1CCOCC1)NCCc1ccc(OC)cc1. The lowest BCUT2D eigenvalue weighted by molar-refractivity contribution is 0.122. The predicted octanol–water partition coefficient (Wildman–Crippen LogP) is 2.83. The molecule has 0 saturated carbocycles. The van der Waals surface area contributed by atoms with Crippen LogP contribution in [0.1, 0.15) is 18.1 Å². The lowest BCUT2D eigenvalue weighted by atomic mass is 10.1. The molecule has 1 saturated heterocycles. The van der Waals surface area contributed by atoms with Crippen LogP contribution in [0, 0.1) is 0 Å². The van der Waals surface area contributed by atoms with E-state index in [1.807, 2.05) is 12.1 Å². The van der Waals surface area contributed by atoms with Gasteiger partial charge in [-0.05, 0) is 42.7 Å². The third kappa shape index (κ3) is 6.39. The third-order valence-electron chi connectivity index (χ3n) is 4.96. The first-order chi connectivity index (χ1) is 14.3. The van der Waals surface area contributed by atoms with Gasteiger partial charge in [-0.25, -0.2) is 4.99 Å². The van der Waals surface area contributed by atoms with Gasteiger partial charge in [0, 0.05) is 31.9 Å². The summed E-state index contributed by atoms with van der Waals surface area (Å²) in [6, 6.07) is 16.7. The Balaban J connectivity index is 1.58. The van der Waals surface area contributed by atoms with Gasteiger partial charge < -0.3 is 25.0 Å². The molecule has 0 atom stereocenters. The summed E-state index contributed by atoms with van der Waals surface area (Å²) in [6.45, 7) is 7.82. The highest BCUT2D eigenvalue weighted by atomic mass is 16.5. The van der Waals surface area contributed by atoms with Gasteiger partial charge in [-0.1, -0.05) is 30.3 Å². The molecule has 2 aromatic carbocycles.